The molecule has 0 saturated carbocycles. The van der Waals surface area contributed by atoms with E-state index in [0.29, 0.717) is 0 Å². The van der Waals surface area contributed by atoms with Crippen molar-refractivity contribution in [3.8, 4) is 0 Å². The molecule has 0 atom stereocenters. The van der Waals surface area contributed by atoms with Crippen LogP contribution in [0.15, 0.2) is 36.5 Å². The summed E-state index contributed by atoms with van der Waals surface area (Å²) in [5, 5.41) is 1.13. The van der Waals surface area contributed by atoms with Crippen LogP contribution in [0.5, 0.6) is 0 Å². The average molecular weight is 247 g/mol. The molecule has 3 nitrogen and oxygen atoms in total. The summed E-state index contributed by atoms with van der Waals surface area (Å²) in [7, 11) is 0. The van der Waals surface area contributed by atoms with E-state index in [9.17, 15) is 4.79 Å². The summed E-state index contributed by atoms with van der Waals surface area (Å²) in [5.74, 6) is -0.318. The second-order valence-corrected chi connectivity index (χ2v) is 2.97. The first-order valence-electron chi connectivity index (χ1n) is 4.09. The molecule has 1 amide bonds. The molecule has 0 aliphatic carbocycles. The Kier molecular flexibility index (Phi) is 5.19. The SMILES string of the molecule is Cl.Cl.NC(=O)Cn1ccc2ccccc21. The van der Waals surface area contributed by atoms with E-state index in [0.717, 1.165) is 10.9 Å². The molecule has 0 spiro atoms. The van der Waals surface area contributed by atoms with Gasteiger partial charge in [0.05, 0.1) is 0 Å². The summed E-state index contributed by atoms with van der Waals surface area (Å²) < 4.78 is 1.84. The summed E-state index contributed by atoms with van der Waals surface area (Å²) >= 11 is 0. The number of nitrogens with zero attached hydrogens (tertiary/aromatic N) is 1. The number of primary amides is 1. The molecule has 82 valence electrons. The summed E-state index contributed by atoms with van der Waals surface area (Å²) in [6.45, 7) is 0.244. The van der Waals surface area contributed by atoms with Crippen LogP contribution in [0.25, 0.3) is 10.9 Å². The predicted octanol–water partition coefficient (Wildman–Crippen LogP) is 1.97. The third-order valence-corrected chi connectivity index (χ3v) is 2.01. The third kappa shape index (κ3) is 2.88. The van der Waals surface area contributed by atoms with Crippen LogP contribution >= 0.6 is 24.8 Å². The number of hydrogen-bond acceptors (Lipinski definition) is 1. The van der Waals surface area contributed by atoms with E-state index in [-0.39, 0.29) is 37.3 Å². The molecule has 0 radical (unpaired) electrons. The lowest BCUT2D eigenvalue weighted by Crippen LogP contribution is -2.17. The number of fused-ring (bicyclic) bond motifs is 1. The first-order chi connectivity index (χ1) is 6.27. The second-order valence-electron chi connectivity index (χ2n) is 2.97. The van der Waals surface area contributed by atoms with E-state index in [1.165, 1.54) is 0 Å². The molecular formula is C10H12Cl2N2O. The Morgan fingerprint density at radius 1 is 1.20 bits per heavy atom. The standard InChI is InChI=1S/C10H10N2O.2ClH/c11-10(13)7-12-6-5-8-3-1-2-4-9(8)12;;/h1-6H,7H2,(H2,11,13);2*1H. The third-order valence-electron chi connectivity index (χ3n) is 2.01. The van der Waals surface area contributed by atoms with Crippen LogP contribution in [0.3, 0.4) is 0 Å². The molecule has 1 aromatic heterocycles. The minimum Gasteiger partial charge on any atom is -0.368 e. The van der Waals surface area contributed by atoms with Crippen molar-refractivity contribution in [2.75, 3.05) is 0 Å². The lowest BCUT2D eigenvalue weighted by Gasteiger charge is -2.00. The van der Waals surface area contributed by atoms with Crippen LogP contribution in [0, 0.1) is 0 Å². The van der Waals surface area contributed by atoms with Crippen molar-refractivity contribution >= 4 is 41.6 Å². The van der Waals surface area contributed by atoms with Gasteiger partial charge in [-0.1, -0.05) is 18.2 Å². The van der Waals surface area contributed by atoms with Crippen LogP contribution in [0.1, 0.15) is 0 Å². The van der Waals surface area contributed by atoms with Gasteiger partial charge in [0.25, 0.3) is 0 Å². The molecule has 0 unspecified atom stereocenters. The summed E-state index contributed by atoms with van der Waals surface area (Å²) in [4.78, 5) is 10.7. The van der Waals surface area contributed by atoms with Crippen LogP contribution < -0.4 is 5.73 Å². The summed E-state index contributed by atoms with van der Waals surface area (Å²) in [6.07, 6.45) is 1.87. The van der Waals surface area contributed by atoms with Crippen molar-refractivity contribution in [3.05, 3.63) is 36.5 Å². The van der Waals surface area contributed by atoms with E-state index >= 15 is 0 Å². The molecule has 5 heteroatoms. The molecule has 2 aromatic rings. The number of benzene rings is 1. The quantitative estimate of drug-likeness (QED) is 0.866. The number of hydrogen-bond donors (Lipinski definition) is 1. The van der Waals surface area contributed by atoms with E-state index in [4.69, 9.17) is 5.73 Å². The van der Waals surface area contributed by atoms with Gasteiger partial charge in [0.15, 0.2) is 0 Å². The normalized spacial score (nSPS) is 9.07. The highest BCUT2D eigenvalue weighted by atomic mass is 35.5. The Morgan fingerprint density at radius 2 is 1.87 bits per heavy atom. The van der Waals surface area contributed by atoms with Gasteiger partial charge in [-0.15, -0.1) is 24.8 Å². The first kappa shape index (κ1) is 13.8. The van der Waals surface area contributed by atoms with Gasteiger partial charge < -0.3 is 10.3 Å². The van der Waals surface area contributed by atoms with Crippen molar-refractivity contribution in [2.45, 2.75) is 6.54 Å². The molecule has 0 fully saturated rings. The van der Waals surface area contributed by atoms with E-state index < -0.39 is 0 Å². The molecule has 1 aromatic carbocycles. The van der Waals surface area contributed by atoms with E-state index in [1.807, 2.05) is 41.1 Å². The van der Waals surface area contributed by atoms with Crippen molar-refractivity contribution < 1.29 is 4.79 Å². The average Bonchev–Trinajstić information content (AvgIpc) is 2.48. The first-order valence-corrected chi connectivity index (χ1v) is 4.09. The number of para-hydroxylation sites is 1. The maximum atomic E-state index is 10.7. The van der Waals surface area contributed by atoms with Gasteiger partial charge >= 0.3 is 0 Å². The lowest BCUT2D eigenvalue weighted by molar-refractivity contribution is -0.118. The number of aromatic nitrogens is 1. The highest BCUT2D eigenvalue weighted by Crippen LogP contribution is 2.14. The molecule has 0 saturated heterocycles. The van der Waals surface area contributed by atoms with Crippen molar-refractivity contribution in [1.29, 1.82) is 0 Å². The molecule has 0 aliphatic heterocycles. The molecular weight excluding hydrogens is 235 g/mol. The number of nitrogens with two attached hydrogens (primary N) is 1. The van der Waals surface area contributed by atoms with Crippen LogP contribution in [0.2, 0.25) is 0 Å². The number of carbonyl (C=O) groups excluding carboxylic acids is 1. The van der Waals surface area contributed by atoms with Crippen LogP contribution in [0.4, 0.5) is 0 Å². The Morgan fingerprint density at radius 3 is 2.53 bits per heavy atom. The smallest absolute Gasteiger partial charge is 0.237 e. The van der Waals surface area contributed by atoms with E-state index in [2.05, 4.69) is 0 Å². The van der Waals surface area contributed by atoms with E-state index in [1.54, 1.807) is 0 Å². The van der Waals surface area contributed by atoms with Crippen molar-refractivity contribution in [3.63, 3.8) is 0 Å². The zero-order valence-corrected chi connectivity index (χ0v) is 9.55. The highest BCUT2D eigenvalue weighted by Gasteiger charge is 2.01. The van der Waals surface area contributed by atoms with Gasteiger partial charge in [-0.25, -0.2) is 0 Å². The minimum atomic E-state index is -0.318. The molecule has 2 rings (SSSR count). The zero-order chi connectivity index (χ0) is 9.26. The van der Waals surface area contributed by atoms with Crippen molar-refractivity contribution in [2.24, 2.45) is 5.73 Å². The van der Waals surface area contributed by atoms with Crippen molar-refractivity contribution in [1.82, 2.24) is 4.57 Å². The number of amides is 1. The fourth-order valence-electron chi connectivity index (χ4n) is 1.45. The maximum Gasteiger partial charge on any atom is 0.237 e. The topological polar surface area (TPSA) is 48.0 Å². The lowest BCUT2D eigenvalue weighted by atomic mass is 10.2. The number of halogens is 2. The Hall–Kier alpha value is -1.19. The second kappa shape index (κ2) is 5.63. The Labute approximate surface area is 100 Å². The van der Waals surface area contributed by atoms with Gasteiger partial charge in [-0.2, -0.15) is 0 Å². The Bertz CT molecular complexity index is 453. The number of carbonyl (C=O) groups is 1. The summed E-state index contributed by atoms with van der Waals surface area (Å²) in [6, 6.07) is 9.86. The molecule has 0 aliphatic rings. The monoisotopic (exact) mass is 246 g/mol. The summed E-state index contributed by atoms with van der Waals surface area (Å²) in [5.41, 5.74) is 6.16. The zero-order valence-electron chi connectivity index (χ0n) is 7.92. The Balaban J connectivity index is 0.000000980. The van der Waals surface area contributed by atoms with Gasteiger partial charge in [0.2, 0.25) is 5.91 Å². The fraction of sp³-hybridized carbons (Fsp3) is 0.100. The molecule has 0 bridgehead atoms. The maximum absolute atomic E-state index is 10.7. The van der Waals surface area contributed by atoms with Gasteiger partial charge in [0, 0.05) is 11.7 Å². The van der Waals surface area contributed by atoms with Gasteiger partial charge in [0.1, 0.15) is 6.54 Å². The predicted molar refractivity (Wildman–Crippen MR) is 65.6 cm³/mol. The van der Waals surface area contributed by atoms with Crippen LogP contribution in [-0.4, -0.2) is 10.5 Å². The van der Waals surface area contributed by atoms with Gasteiger partial charge in [-0.3, -0.25) is 4.79 Å². The highest BCUT2D eigenvalue weighted by molar-refractivity contribution is 5.85. The largest absolute Gasteiger partial charge is 0.368 e. The molecule has 15 heavy (non-hydrogen) atoms. The fourth-order valence-corrected chi connectivity index (χ4v) is 1.45. The molecule has 2 N–H and O–H groups in total. The molecule has 1 heterocycles. The van der Waals surface area contributed by atoms with Crippen LogP contribution in [-0.2, 0) is 11.3 Å². The van der Waals surface area contributed by atoms with Gasteiger partial charge in [-0.05, 0) is 17.5 Å². The minimum absolute atomic E-state index is 0. The number of rotatable bonds is 2.